The van der Waals surface area contributed by atoms with E-state index in [0.717, 1.165) is 19.3 Å². The summed E-state index contributed by atoms with van der Waals surface area (Å²) in [6, 6.07) is 0. The average molecular weight is 499 g/mol. The summed E-state index contributed by atoms with van der Waals surface area (Å²) in [6.45, 7) is -0.138. The molecule has 6 saturated carbocycles. The van der Waals surface area contributed by atoms with Crippen molar-refractivity contribution in [2.45, 2.75) is 69.9 Å². The first-order valence-electron chi connectivity index (χ1n) is 12.2. The minimum absolute atomic E-state index is 0.0215. The molecule has 7 aliphatic rings. The van der Waals surface area contributed by atoms with Crippen LogP contribution < -0.4 is 0 Å². The van der Waals surface area contributed by atoms with Crippen LogP contribution in [0.4, 0.5) is 0 Å². The van der Waals surface area contributed by atoms with E-state index in [1.165, 1.54) is 0 Å². The zero-order valence-corrected chi connectivity index (χ0v) is 19.6. The van der Waals surface area contributed by atoms with Gasteiger partial charge in [0, 0.05) is 23.7 Å². The Labute approximate surface area is 197 Å². The van der Waals surface area contributed by atoms with E-state index < -0.39 is 51.2 Å². The van der Waals surface area contributed by atoms with Crippen LogP contribution in [0, 0.1) is 40.4 Å². The van der Waals surface area contributed by atoms with Crippen molar-refractivity contribution >= 4 is 27.8 Å². The summed E-state index contributed by atoms with van der Waals surface area (Å²) in [5, 5.41) is 10.7. The largest absolute Gasteiger partial charge is 0.458 e. The molecule has 188 valence electrons. The molecule has 8 atom stereocenters. The van der Waals surface area contributed by atoms with Gasteiger partial charge in [-0.25, -0.2) is 0 Å². The van der Waals surface area contributed by atoms with Gasteiger partial charge in [-0.05, 0) is 57.3 Å². The molecule has 6 bridgehead atoms. The molecule has 1 saturated heterocycles. The summed E-state index contributed by atoms with van der Waals surface area (Å²) in [6.07, 6.45) is 1.78. The van der Waals surface area contributed by atoms with Crippen LogP contribution in [-0.4, -0.2) is 66.7 Å². The lowest BCUT2D eigenvalue weighted by molar-refractivity contribution is -0.195. The highest BCUT2D eigenvalue weighted by Gasteiger charge is 2.74. The van der Waals surface area contributed by atoms with E-state index in [1.54, 1.807) is 0 Å². The molecular formula is C23H30O10S. The molecule has 8 unspecified atom stereocenters. The number of ketones is 1. The van der Waals surface area contributed by atoms with Crippen molar-refractivity contribution in [3.8, 4) is 0 Å². The Hall–Kier alpha value is -1.56. The first kappa shape index (κ1) is 22.9. The number of rotatable bonds is 8. The topological polar surface area (TPSA) is 154 Å². The van der Waals surface area contributed by atoms with Crippen LogP contribution in [0.15, 0.2) is 0 Å². The van der Waals surface area contributed by atoms with Crippen molar-refractivity contribution in [3.63, 3.8) is 0 Å². The second kappa shape index (κ2) is 7.47. The fourth-order valence-corrected chi connectivity index (χ4v) is 8.86. The molecule has 7 fully saturated rings. The van der Waals surface area contributed by atoms with Crippen LogP contribution in [0.1, 0.15) is 51.4 Å². The van der Waals surface area contributed by atoms with Gasteiger partial charge in [0.25, 0.3) is 10.1 Å². The quantitative estimate of drug-likeness (QED) is 0.213. The van der Waals surface area contributed by atoms with Crippen molar-refractivity contribution in [1.82, 2.24) is 0 Å². The van der Waals surface area contributed by atoms with Gasteiger partial charge in [-0.15, -0.1) is 0 Å². The molecular weight excluding hydrogens is 468 g/mol. The highest BCUT2D eigenvalue weighted by atomic mass is 32.2. The van der Waals surface area contributed by atoms with Crippen molar-refractivity contribution in [1.29, 1.82) is 0 Å². The van der Waals surface area contributed by atoms with Crippen LogP contribution in [0.25, 0.3) is 0 Å². The Bertz CT molecular complexity index is 1020. The highest BCUT2D eigenvalue weighted by Crippen LogP contribution is 2.65. The number of Topliss-reactive ketones (excluding diaryl/α,β-unsaturated/α-hetero) is 1. The summed E-state index contributed by atoms with van der Waals surface area (Å²) in [5.74, 6) is -1.21. The van der Waals surface area contributed by atoms with Crippen LogP contribution in [-0.2, 0) is 38.7 Å². The van der Waals surface area contributed by atoms with Crippen LogP contribution in [0.2, 0.25) is 0 Å². The summed E-state index contributed by atoms with van der Waals surface area (Å²) < 4.78 is 47.6. The third kappa shape index (κ3) is 3.23. The van der Waals surface area contributed by atoms with Gasteiger partial charge in [0.15, 0.2) is 6.29 Å². The maximum atomic E-state index is 13.4. The summed E-state index contributed by atoms with van der Waals surface area (Å²) in [7, 11) is -4.13. The zero-order valence-electron chi connectivity index (χ0n) is 18.8. The Morgan fingerprint density at radius 1 is 1.12 bits per heavy atom. The first-order valence-corrected chi connectivity index (χ1v) is 13.8. The van der Waals surface area contributed by atoms with Gasteiger partial charge >= 0.3 is 11.9 Å². The van der Waals surface area contributed by atoms with Gasteiger partial charge in [0.2, 0.25) is 0 Å². The smallest absolute Gasteiger partial charge is 0.318 e. The minimum atomic E-state index is -4.13. The lowest BCUT2D eigenvalue weighted by Gasteiger charge is -2.54. The monoisotopic (exact) mass is 498 g/mol. The standard InChI is InChI=1S/C23H30O10S/c24-16-12-4-11-5-13(16)9-22(7-11,8-12)19(25)32-17-14-6-15-18(17)33-21(27)23(15,10-14)20(26)31-2-1-3-34(28,29)30/h11-15,17-18,20,26H,1-10H2,(H,28,29,30). The molecule has 1 aliphatic heterocycles. The lowest BCUT2D eigenvalue weighted by Crippen LogP contribution is -2.56. The summed E-state index contributed by atoms with van der Waals surface area (Å²) in [4.78, 5) is 38.8. The number of carbonyl (C=O) groups is 3. The molecule has 6 aliphatic carbocycles. The van der Waals surface area contributed by atoms with E-state index in [9.17, 15) is 27.9 Å². The normalized spacial score (nSPS) is 46.7. The van der Waals surface area contributed by atoms with Gasteiger partial charge in [-0.1, -0.05) is 0 Å². The van der Waals surface area contributed by atoms with Crippen LogP contribution in [0.3, 0.4) is 0 Å². The first-order chi connectivity index (χ1) is 16.0. The molecule has 0 radical (unpaired) electrons. The molecule has 34 heavy (non-hydrogen) atoms. The van der Waals surface area contributed by atoms with Gasteiger partial charge in [0.05, 0.1) is 17.8 Å². The van der Waals surface area contributed by atoms with Gasteiger partial charge in [0.1, 0.15) is 23.4 Å². The number of hydrogen-bond donors (Lipinski definition) is 2. The van der Waals surface area contributed by atoms with E-state index in [0.29, 0.717) is 31.0 Å². The number of esters is 2. The number of carbonyl (C=O) groups excluding carboxylic acids is 3. The molecule has 0 aromatic rings. The minimum Gasteiger partial charge on any atom is -0.458 e. The fraction of sp³-hybridized carbons (Fsp3) is 0.870. The third-order valence-electron chi connectivity index (χ3n) is 9.56. The molecule has 1 heterocycles. The lowest BCUT2D eigenvalue weighted by atomic mass is 9.49. The number of fused-ring (bicyclic) bond motifs is 1. The Morgan fingerprint density at radius 3 is 2.50 bits per heavy atom. The fourth-order valence-electron chi connectivity index (χ4n) is 8.38. The molecule has 0 aromatic carbocycles. The Balaban J connectivity index is 1.12. The van der Waals surface area contributed by atoms with Gasteiger partial charge in [-0.2, -0.15) is 8.42 Å². The Morgan fingerprint density at radius 2 is 1.82 bits per heavy atom. The SMILES string of the molecule is O=C1C2CC3CC1CC(C(=O)OC1C4CC5C1OC(=O)C5(C(O)OCCCS(=O)(=O)O)C4)(C3)C2. The van der Waals surface area contributed by atoms with Crippen molar-refractivity contribution in [2.75, 3.05) is 12.4 Å². The number of aliphatic hydroxyl groups is 1. The molecule has 0 aromatic heterocycles. The number of aliphatic hydroxyl groups excluding tert-OH is 1. The predicted molar refractivity (Wildman–Crippen MR) is 112 cm³/mol. The van der Waals surface area contributed by atoms with E-state index in [1.807, 2.05) is 0 Å². The Kier molecular flexibility index (Phi) is 5.03. The molecule has 0 spiro atoms. The van der Waals surface area contributed by atoms with E-state index >= 15 is 0 Å². The van der Waals surface area contributed by atoms with Crippen molar-refractivity contribution in [3.05, 3.63) is 0 Å². The molecule has 7 rings (SSSR count). The van der Waals surface area contributed by atoms with E-state index in [2.05, 4.69) is 0 Å². The molecule has 11 heteroatoms. The van der Waals surface area contributed by atoms with Gasteiger partial charge in [-0.3, -0.25) is 18.9 Å². The van der Waals surface area contributed by atoms with Crippen molar-refractivity contribution < 1.29 is 46.7 Å². The number of ether oxygens (including phenoxy) is 3. The average Bonchev–Trinajstić information content (AvgIpc) is 3.36. The third-order valence-corrected chi connectivity index (χ3v) is 10.4. The van der Waals surface area contributed by atoms with Crippen LogP contribution in [0.5, 0.6) is 0 Å². The van der Waals surface area contributed by atoms with E-state index in [-0.39, 0.29) is 49.1 Å². The maximum Gasteiger partial charge on any atom is 0.318 e. The molecule has 0 amide bonds. The van der Waals surface area contributed by atoms with E-state index in [4.69, 9.17) is 18.8 Å². The zero-order chi connectivity index (χ0) is 24.0. The number of hydrogen-bond acceptors (Lipinski definition) is 9. The predicted octanol–water partition coefficient (Wildman–Crippen LogP) is 0.858. The van der Waals surface area contributed by atoms with Crippen molar-refractivity contribution in [2.24, 2.45) is 40.4 Å². The second-order valence-electron chi connectivity index (χ2n) is 11.5. The molecule has 10 nitrogen and oxygen atoms in total. The summed E-state index contributed by atoms with van der Waals surface area (Å²) >= 11 is 0. The van der Waals surface area contributed by atoms with Crippen LogP contribution >= 0.6 is 0 Å². The maximum absolute atomic E-state index is 13.4. The van der Waals surface area contributed by atoms with Gasteiger partial charge < -0.3 is 19.3 Å². The summed E-state index contributed by atoms with van der Waals surface area (Å²) in [5.41, 5.74) is -1.86. The second-order valence-corrected chi connectivity index (χ2v) is 13.0. The molecule has 2 N–H and O–H groups in total. The highest BCUT2D eigenvalue weighted by molar-refractivity contribution is 7.85.